The van der Waals surface area contributed by atoms with Gasteiger partial charge in [0, 0.05) is 30.6 Å². The highest BCUT2D eigenvalue weighted by molar-refractivity contribution is 5.84. The Labute approximate surface area is 154 Å². The molecule has 26 heavy (non-hydrogen) atoms. The van der Waals surface area contributed by atoms with Crippen LogP contribution in [0.3, 0.4) is 0 Å². The second kappa shape index (κ2) is 8.09. The van der Waals surface area contributed by atoms with Crippen molar-refractivity contribution in [2.45, 2.75) is 26.7 Å². The number of para-hydroxylation sites is 1. The highest BCUT2D eigenvalue weighted by Gasteiger charge is 2.11. The Kier molecular flexibility index (Phi) is 5.61. The molecule has 1 amide bonds. The van der Waals surface area contributed by atoms with E-state index in [-0.39, 0.29) is 5.91 Å². The molecule has 0 radical (unpaired) electrons. The Morgan fingerprint density at radius 1 is 1.12 bits per heavy atom. The molecule has 1 N–H and O–H groups in total. The summed E-state index contributed by atoms with van der Waals surface area (Å²) >= 11 is 0. The summed E-state index contributed by atoms with van der Waals surface area (Å²) in [6, 6.07) is 14.3. The zero-order valence-corrected chi connectivity index (χ0v) is 15.7. The minimum absolute atomic E-state index is 0.138. The third kappa shape index (κ3) is 4.45. The smallest absolute Gasteiger partial charge is 0.222 e. The minimum Gasteiger partial charge on any atom is -0.492 e. The predicted octanol–water partition coefficient (Wildman–Crippen LogP) is 4.25. The number of hydrogen-bond donors (Lipinski definition) is 1. The molecule has 0 saturated carbocycles. The van der Waals surface area contributed by atoms with Crippen LogP contribution in [0.4, 0.5) is 0 Å². The van der Waals surface area contributed by atoms with Crippen molar-refractivity contribution in [3.63, 3.8) is 0 Å². The Hall–Kier alpha value is -2.75. The number of likely N-dealkylation sites (N-methyl/N-ethyl adjacent to an activating group) is 1. The van der Waals surface area contributed by atoms with Crippen LogP contribution in [-0.4, -0.2) is 36.0 Å². The van der Waals surface area contributed by atoms with E-state index in [1.165, 1.54) is 22.1 Å². The predicted molar refractivity (Wildman–Crippen MR) is 106 cm³/mol. The van der Waals surface area contributed by atoms with Gasteiger partial charge in [0.05, 0.1) is 6.54 Å². The van der Waals surface area contributed by atoms with Gasteiger partial charge in [-0.25, -0.2) is 0 Å². The second-order valence-electron chi connectivity index (χ2n) is 6.85. The number of ether oxygens (including phenoxy) is 1. The molecule has 136 valence electrons. The molecule has 1 aromatic heterocycles. The minimum atomic E-state index is 0.138. The van der Waals surface area contributed by atoms with E-state index < -0.39 is 0 Å². The maximum Gasteiger partial charge on any atom is 0.222 e. The number of hydrogen-bond acceptors (Lipinski definition) is 2. The van der Waals surface area contributed by atoms with E-state index in [0.29, 0.717) is 19.6 Å². The lowest BCUT2D eigenvalue weighted by Crippen LogP contribution is -2.31. The second-order valence-corrected chi connectivity index (χ2v) is 6.85. The fourth-order valence-corrected chi connectivity index (χ4v) is 3.21. The Balaban J connectivity index is 1.47. The van der Waals surface area contributed by atoms with Gasteiger partial charge in [-0.05, 0) is 55.2 Å². The summed E-state index contributed by atoms with van der Waals surface area (Å²) < 4.78 is 5.80. The summed E-state index contributed by atoms with van der Waals surface area (Å²) in [5, 5.41) is 1.20. The van der Waals surface area contributed by atoms with Gasteiger partial charge in [-0.2, -0.15) is 0 Å². The van der Waals surface area contributed by atoms with E-state index in [2.05, 4.69) is 37.0 Å². The topological polar surface area (TPSA) is 45.3 Å². The number of fused-ring (bicyclic) bond motifs is 1. The highest BCUT2D eigenvalue weighted by Crippen LogP contribution is 2.19. The zero-order chi connectivity index (χ0) is 18.5. The first-order chi connectivity index (χ1) is 12.5. The summed E-state index contributed by atoms with van der Waals surface area (Å²) in [5.41, 5.74) is 4.67. The number of carbonyl (C=O) groups excluding carboxylic acids is 1. The molecule has 3 aromatic rings. The largest absolute Gasteiger partial charge is 0.492 e. The summed E-state index contributed by atoms with van der Waals surface area (Å²) in [6.07, 6.45) is 3.24. The molecule has 0 bridgehead atoms. The fraction of sp³-hybridized carbons (Fsp3) is 0.318. The third-order valence-corrected chi connectivity index (χ3v) is 4.60. The zero-order valence-electron chi connectivity index (χ0n) is 15.7. The van der Waals surface area contributed by atoms with Crippen LogP contribution < -0.4 is 4.74 Å². The van der Waals surface area contributed by atoms with Crippen molar-refractivity contribution < 1.29 is 9.53 Å². The number of H-pyrrole nitrogens is 1. The lowest BCUT2D eigenvalue weighted by atomic mass is 10.1. The van der Waals surface area contributed by atoms with Gasteiger partial charge in [0.15, 0.2) is 0 Å². The molecule has 0 spiro atoms. The quantitative estimate of drug-likeness (QED) is 0.692. The first-order valence-corrected chi connectivity index (χ1v) is 9.03. The first-order valence-electron chi connectivity index (χ1n) is 9.03. The van der Waals surface area contributed by atoms with E-state index in [4.69, 9.17) is 4.74 Å². The molecule has 0 aliphatic carbocycles. The van der Waals surface area contributed by atoms with Gasteiger partial charge >= 0.3 is 0 Å². The molecule has 4 heteroatoms. The molecule has 0 fully saturated rings. The van der Waals surface area contributed by atoms with Crippen LogP contribution in [-0.2, 0) is 11.2 Å². The van der Waals surface area contributed by atoms with E-state index in [0.717, 1.165) is 17.7 Å². The average Bonchev–Trinajstić information content (AvgIpc) is 3.02. The van der Waals surface area contributed by atoms with Crippen LogP contribution in [0, 0.1) is 13.8 Å². The van der Waals surface area contributed by atoms with Crippen molar-refractivity contribution in [2.24, 2.45) is 0 Å². The lowest BCUT2D eigenvalue weighted by molar-refractivity contribution is -0.130. The van der Waals surface area contributed by atoms with E-state index in [9.17, 15) is 4.79 Å². The highest BCUT2D eigenvalue weighted by atomic mass is 16.5. The van der Waals surface area contributed by atoms with Crippen molar-refractivity contribution in [3.8, 4) is 5.75 Å². The molecule has 3 rings (SSSR count). The van der Waals surface area contributed by atoms with Crippen LogP contribution in [0.25, 0.3) is 10.9 Å². The molecule has 0 aliphatic rings. The van der Waals surface area contributed by atoms with Crippen molar-refractivity contribution in [1.82, 2.24) is 9.88 Å². The van der Waals surface area contributed by atoms with Crippen LogP contribution in [0.5, 0.6) is 5.75 Å². The maximum absolute atomic E-state index is 12.4. The van der Waals surface area contributed by atoms with Gasteiger partial charge in [-0.1, -0.05) is 24.3 Å². The Morgan fingerprint density at radius 2 is 1.85 bits per heavy atom. The van der Waals surface area contributed by atoms with Crippen molar-refractivity contribution >= 4 is 16.8 Å². The van der Waals surface area contributed by atoms with Gasteiger partial charge in [0.1, 0.15) is 12.4 Å². The maximum atomic E-state index is 12.4. The van der Waals surface area contributed by atoms with Gasteiger partial charge < -0.3 is 14.6 Å². The molecule has 0 saturated heterocycles. The standard InChI is InChI=1S/C22H26N2O2/c1-16-12-17(2)14-19(13-16)26-11-10-24(3)22(25)9-8-18-15-23-21-7-5-4-6-20(18)21/h4-7,12-15,23H,8-11H2,1-3H3. The summed E-state index contributed by atoms with van der Waals surface area (Å²) in [5.74, 6) is 1.00. The molecule has 4 nitrogen and oxygen atoms in total. The van der Waals surface area contributed by atoms with Gasteiger partial charge in [0.2, 0.25) is 5.91 Å². The van der Waals surface area contributed by atoms with Crippen LogP contribution >= 0.6 is 0 Å². The normalized spacial score (nSPS) is 10.9. The number of aromatic amines is 1. The molecular formula is C22H26N2O2. The molecule has 1 heterocycles. The van der Waals surface area contributed by atoms with Crippen LogP contribution in [0.1, 0.15) is 23.1 Å². The van der Waals surface area contributed by atoms with Crippen LogP contribution in [0.2, 0.25) is 0 Å². The number of nitrogens with one attached hydrogen (secondary N) is 1. The Bertz CT molecular complexity index is 878. The average molecular weight is 350 g/mol. The SMILES string of the molecule is Cc1cc(C)cc(OCCN(C)C(=O)CCc2c[nH]c3ccccc23)c1. The number of aromatic nitrogens is 1. The Morgan fingerprint density at radius 3 is 2.62 bits per heavy atom. The fourth-order valence-electron chi connectivity index (χ4n) is 3.21. The number of amides is 1. The number of rotatable bonds is 7. The number of carbonyl (C=O) groups is 1. The number of aryl methyl sites for hydroxylation is 3. The first kappa shape index (κ1) is 18.1. The molecule has 0 atom stereocenters. The van der Waals surface area contributed by atoms with Crippen molar-refractivity contribution in [3.05, 3.63) is 65.4 Å². The lowest BCUT2D eigenvalue weighted by Gasteiger charge is -2.17. The van der Waals surface area contributed by atoms with Crippen molar-refractivity contribution in [2.75, 3.05) is 20.2 Å². The van der Waals surface area contributed by atoms with Crippen molar-refractivity contribution in [1.29, 1.82) is 0 Å². The van der Waals surface area contributed by atoms with Crippen LogP contribution in [0.15, 0.2) is 48.7 Å². The summed E-state index contributed by atoms with van der Waals surface area (Å²) in [4.78, 5) is 17.4. The van der Waals surface area contributed by atoms with E-state index in [1.54, 1.807) is 4.90 Å². The molecular weight excluding hydrogens is 324 g/mol. The monoisotopic (exact) mass is 350 g/mol. The molecule has 0 unspecified atom stereocenters. The summed E-state index contributed by atoms with van der Waals surface area (Å²) in [7, 11) is 1.84. The number of benzene rings is 2. The molecule has 0 aliphatic heterocycles. The molecule has 2 aromatic carbocycles. The van der Waals surface area contributed by atoms with E-state index >= 15 is 0 Å². The van der Waals surface area contributed by atoms with Gasteiger partial charge in [-0.3, -0.25) is 4.79 Å². The number of nitrogens with zero attached hydrogens (tertiary/aromatic N) is 1. The third-order valence-electron chi connectivity index (χ3n) is 4.60. The van der Waals surface area contributed by atoms with E-state index in [1.807, 2.05) is 37.5 Å². The van der Waals surface area contributed by atoms with Gasteiger partial charge in [0.25, 0.3) is 0 Å². The summed E-state index contributed by atoms with van der Waals surface area (Å²) in [6.45, 7) is 5.19. The van der Waals surface area contributed by atoms with Gasteiger partial charge in [-0.15, -0.1) is 0 Å².